The van der Waals surface area contributed by atoms with Crippen molar-refractivity contribution in [3.63, 3.8) is 0 Å². The van der Waals surface area contributed by atoms with Crippen LogP contribution in [0.2, 0.25) is 0 Å². The van der Waals surface area contributed by atoms with Crippen LogP contribution in [0.15, 0.2) is 29.8 Å². The monoisotopic (exact) mass is 405 g/mol. The second-order valence-electron chi connectivity index (χ2n) is 6.48. The van der Waals surface area contributed by atoms with E-state index in [9.17, 15) is 4.79 Å². The average Bonchev–Trinajstić information content (AvgIpc) is 3.24. The van der Waals surface area contributed by atoms with Crippen LogP contribution in [0.25, 0.3) is 0 Å². The van der Waals surface area contributed by atoms with Gasteiger partial charge in [0.1, 0.15) is 5.82 Å². The number of hydrogen-bond acceptors (Lipinski definition) is 5. The molecular formula is C16H25Cl2N5OS. The van der Waals surface area contributed by atoms with Crippen LogP contribution < -0.4 is 11.1 Å². The predicted molar refractivity (Wildman–Crippen MR) is 107 cm³/mol. The van der Waals surface area contributed by atoms with Gasteiger partial charge in [-0.15, -0.1) is 36.2 Å². The number of anilines is 1. The number of nitrogens with one attached hydrogen (secondary N) is 1. The molecule has 6 nitrogen and oxygen atoms in total. The fourth-order valence-corrected chi connectivity index (χ4v) is 3.61. The van der Waals surface area contributed by atoms with Gasteiger partial charge < -0.3 is 11.1 Å². The third kappa shape index (κ3) is 5.69. The maximum Gasteiger partial charge on any atom is 0.239 e. The summed E-state index contributed by atoms with van der Waals surface area (Å²) in [6, 6.07) is 5.92. The summed E-state index contributed by atoms with van der Waals surface area (Å²) in [5, 5.41) is 9.30. The van der Waals surface area contributed by atoms with Crippen molar-refractivity contribution in [3.05, 3.63) is 34.7 Å². The van der Waals surface area contributed by atoms with Crippen molar-refractivity contribution in [2.24, 2.45) is 11.1 Å². The molecule has 9 heteroatoms. The number of nitrogens with zero attached hydrogens (tertiary/aromatic N) is 3. The quantitative estimate of drug-likeness (QED) is 0.773. The first-order chi connectivity index (χ1) is 11.1. The number of carbonyl (C=O) groups excluding carboxylic acids is 1. The zero-order chi connectivity index (χ0) is 16.3. The summed E-state index contributed by atoms with van der Waals surface area (Å²) < 4.78 is 1.82. The Balaban J connectivity index is 0.00000156. The van der Waals surface area contributed by atoms with Crippen LogP contribution in [0.3, 0.4) is 0 Å². The van der Waals surface area contributed by atoms with E-state index >= 15 is 0 Å². The molecule has 0 saturated carbocycles. The number of hydrogen-bond donors (Lipinski definition) is 2. The van der Waals surface area contributed by atoms with Crippen molar-refractivity contribution >= 4 is 47.9 Å². The molecule has 1 aliphatic rings. The summed E-state index contributed by atoms with van der Waals surface area (Å²) in [4.78, 5) is 15.7. The Morgan fingerprint density at radius 3 is 2.88 bits per heavy atom. The highest BCUT2D eigenvalue weighted by Gasteiger charge is 2.33. The van der Waals surface area contributed by atoms with Gasteiger partial charge in [0.25, 0.3) is 0 Å². The first kappa shape index (κ1) is 21.9. The Morgan fingerprint density at radius 1 is 1.44 bits per heavy atom. The summed E-state index contributed by atoms with van der Waals surface area (Å²) >= 11 is 1.68. The van der Waals surface area contributed by atoms with Crippen LogP contribution in [0, 0.1) is 5.41 Å². The molecule has 3 heterocycles. The number of amides is 1. The second-order valence-corrected chi connectivity index (χ2v) is 7.51. The first-order valence-corrected chi connectivity index (χ1v) is 8.72. The first-order valence-electron chi connectivity index (χ1n) is 7.84. The van der Waals surface area contributed by atoms with Crippen LogP contribution in [-0.4, -0.2) is 46.8 Å². The largest absolute Gasteiger partial charge is 0.330 e. The van der Waals surface area contributed by atoms with Crippen LogP contribution in [0.1, 0.15) is 18.2 Å². The van der Waals surface area contributed by atoms with Gasteiger partial charge in [-0.2, -0.15) is 5.10 Å². The van der Waals surface area contributed by atoms with E-state index in [1.807, 2.05) is 22.2 Å². The second kappa shape index (κ2) is 9.54. The molecule has 0 aliphatic carbocycles. The van der Waals surface area contributed by atoms with E-state index in [0.717, 1.165) is 25.3 Å². The summed E-state index contributed by atoms with van der Waals surface area (Å²) in [6.07, 6.45) is 2.76. The molecule has 1 saturated heterocycles. The minimum Gasteiger partial charge on any atom is -0.330 e. The van der Waals surface area contributed by atoms with Crippen molar-refractivity contribution in [3.8, 4) is 0 Å². The standard InChI is InChI=1S/C16H23N5OS.2ClH/c1-16(11-17)5-7-20(12-16)10-15(22)19-14-4-6-18-21(14)9-13-3-2-8-23-13;;/h2-4,6,8H,5,7,9-12,17H2,1H3,(H,19,22);2*1H. The van der Waals surface area contributed by atoms with E-state index in [1.54, 1.807) is 17.5 Å². The predicted octanol–water partition coefficient (Wildman–Crippen LogP) is 2.45. The fraction of sp³-hybridized carbons (Fsp3) is 0.500. The number of halogens is 2. The van der Waals surface area contributed by atoms with Crippen molar-refractivity contribution in [2.75, 3.05) is 31.5 Å². The summed E-state index contributed by atoms with van der Waals surface area (Å²) in [6.45, 7) is 5.73. The topological polar surface area (TPSA) is 76.2 Å². The van der Waals surface area contributed by atoms with E-state index in [4.69, 9.17) is 5.73 Å². The van der Waals surface area contributed by atoms with Crippen molar-refractivity contribution in [1.29, 1.82) is 0 Å². The highest BCUT2D eigenvalue weighted by Crippen LogP contribution is 2.28. The Bertz CT molecular complexity index is 663. The van der Waals surface area contributed by atoms with Gasteiger partial charge in [0.2, 0.25) is 5.91 Å². The summed E-state index contributed by atoms with van der Waals surface area (Å²) in [7, 11) is 0. The molecule has 1 atom stereocenters. The van der Waals surface area contributed by atoms with E-state index in [-0.39, 0.29) is 36.1 Å². The molecule has 0 spiro atoms. The molecular weight excluding hydrogens is 381 g/mol. The molecule has 1 unspecified atom stereocenters. The van der Waals surface area contributed by atoms with Gasteiger partial charge in [-0.3, -0.25) is 9.69 Å². The van der Waals surface area contributed by atoms with Crippen LogP contribution in [-0.2, 0) is 11.3 Å². The Hall–Kier alpha value is -1.12. The third-order valence-electron chi connectivity index (χ3n) is 4.37. The number of aromatic nitrogens is 2. The number of nitrogens with two attached hydrogens (primary N) is 1. The lowest BCUT2D eigenvalue weighted by Crippen LogP contribution is -2.35. The van der Waals surface area contributed by atoms with Crippen LogP contribution in [0.4, 0.5) is 5.82 Å². The third-order valence-corrected chi connectivity index (χ3v) is 5.23. The average molecular weight is 406 g/mol. The molecule has 1 fully saturated rings. The molecule has 2 aromatic heterocycles. The van der Waals surface area contributed by atoms with Gasteiger partial charge in [-0.05, 0) is 36.4 Å². The van der Waals surface area contributed by atoms with Crippen molar-refractivity contribution < 1.29 is 4.79 Å². The van der Waals surface area contributed by atoms with Gasteiger partial charge in [-0.1, -0.05) is 13.0 Å². The molecule has 140 valence electrons. The van der Waals surface area contributed by atoms with Crippen molar-refractivity contribution in [2.45, 2.75) is 19.9 Å². The van der Waals surface area contributed by atoms with Crippen molar-refractivity contribution in [1.82, 2.24) is 14.7 Å². The van der Waals surface area contributed by atoms with E-state index < -0.39 is 0 Å². The molecule has 0 bridgehead atoms. The lowest BCUT2D eigenvalue weighted by molar-refractivity contribution is -0.117. The SMILES string of the molecule is CC1(CN)CCN(CC(=O)Nc2ccnn2Cc2cccs2)C1.Cl.Cl. The maximum atomic E-state index is 12.3. The smallest absolute Gasteiger partial charge is 0.239 e. The minimum absolute atomic E-state index is 0. The highest BCUT2D eigenvalue weighted by atomic mass is 35.5. The van der Waals surface area contributed by atoms with E-state index in [1.165, 1.54) is 4.88 Å². The van der Waals surface area contributed by atoms with Gasteiger partial charge >= 0.3 is 0 Å². The van der Waals surface area contributed by atoms with E-state index in [2.05, 4.69) is 28.3 Å². The summed E-state index contributed by atoms with van der Waals surface area (Å²) in [5.41, 5.74) is 5.96. The van der Waals surface area contributed by atoms with E-state index in [0.29, 0.717) is 19.6 Å². The Kier molecular flexibility index (Phi) is 8.37. The van der Waals surface area contributed by atoms with Gasteiger partial charge in [0.15, 0.2) is 0 Å². The Labute approximate surface area is 164 Å². The zero-order valence-electron chi connectivity index (χ0n) is 14.2. The maximum absolute atomic E-state index is 12.3. The fourth-order valence-electron chi connectivity index (χ4n) is 2.93. The normalized spacial score (nSPS) is 19.9. The lowest BCUT2D eigenvalue weighted by atomic mass is 9.90. The molecule has 1 aliphatic heterocycles. The number of thiophene rings is 1. The van der Waals surface area contributed by atoms with Crippen LogP contribution in [0.5, 0.6) is 0 Å². The molecule has 25 heavy (non-hydrogen) atoms. The molecule has 3 rings (SSSR count). The molecule has 3 N–H and O–H groups in total. The van der Waals surface area contributed by atoms with Gasteiger partial charge in [-0.25, -0.2) is 4.68 Å². The molecule has 1 amide bonds. The highest BCUT2D eigenvalue weighted by molar-refractivity contribution is 7.09. The number of rotatable bonds is 6. The summed E-state index contributed by atoms with van der Waals surface area (Å²) in [5.74, 6) is 0.739. The molecule has 0 aromatic carbocycles. The molecule has 0 radical (unpaired) electrons. The van der Waals surface area contributed by atoms with Crippen LogP contribution >= 0.6 is 36.2 Å². The van der Waals surface area contributed by atoms with Gasteiger partial charge in [0, 0.05) is 17.5 Å². The lowest BCUT2D eigenvalue weighted by Gasteiger charge is -2.22. The Morgan fingerprint density at radius 2 is 2.24 bits per heavy atom. The number of likely N-dealkylation sites (tertiary alicyclic amines) is 1. The number of carbonyl (C=O) groups is 1. The minimum atomic E-state index is -0.000740. The molecule has 2 aromatic rings. The zero-order valence-corrected chi connectivity index (χ0v) is 16.6. The van der Waals surface area contributed by atoms with Gasteiger partial charge in [0.05, 0.1) is 19.3 Å².